The Hall–Kier alpha value is -1.65. The molecule has 1 aliphatic carbocycles. The Labute approximate surface area is 99.4 Å². The lowest BCUT2D eigenvalue weighted by atomic mass is 10.2. The van der Waals surface area contributed by atoms with Crippen molar-refractivity contribution in [1.82, 2.24) is 4.90 Å². The van der Waals surface area contributed by atoms with E-state index < -0.39 is 23.8 Å². The van der Waals surface area contributed by atoms with Crippen LogP contribution in [0.1, 0.15) is 32.6 Å². The SMILES string of the molecule is CC(C(=O)OC1CCCC1)N1C(=O)C=CC1=O. The molecule has 0 radical (unpaired) electrons. The second-order valence-corrected chi connectivity index (χ2v) is 4.40. The molecule has 2 rings (SSSR count). The first-order chi connectivity index (χ1) is 8.09. The Morgan fingerprint density at radius 1 is 1.29 bits per heavy atom. The molecule has 2 amide bonds. The van der Waals surface area contributed by atoms with E-state index in [-0.39, 0.29) is 6.10 Å². The summed E-state index contributed by atoms with van der Waals surface area (Å²) in [7, 11) is 0. The van der Waals surface area contributed by atoms with E-state index in [1.165, 1.54) is 19.1 Å². The number of esters is 1. The predicted octanol–water partition coefficient (Wildman–Crippen LogP) is 0.786. The number of carbonyl (C=O) groups is 3. The van der Waals surface area contributed by atoms with E-state index in [4.69, 9.17) is 4.74 Å². The van der Waals surface area contributed by atoms with Crippen molar-refractivity contribution in [1.29, 1.82) is 0 Å². The van der Waals surface area contributed by atoms with Crippen LogP contribution in [0.2, 0.25) is 0 Å². The van der Waals surface area contributed by atoms with Gasteiger partial charge in [-0.25, -0.2) is 4.79 Å². The normalized spacial score (nSPS) is 22.3. The standard InChI is InChI=1S/C12H15NO4/c1-8(13-10(14)6-7-11(13)15)12(16)17-9-4-2-3-5-9/h6-9H,2-5H2,1H3. The number of rotatable bonds is 3. The van der Waals surface area contributed by atoms with Gasteiger partial charge in [0.05, 0.1) is 0 Å². The summed E-state index contributed by atoms with van der Waals surface area (Å²) in [4.78, 5) is 35.5. The summed E-state index contributed by atoms with van der Waals surface area (Å²) < 4.78 is 5.27. The number of imide groups is 1. The zero-order valence-corrected chi connectivity index (χ0v) is 9.72. The first-order valence-corrected chi connectivity index (χ1v) is 5.85. The first kappa shape index (κ1) is 11.8. The minimum Gasteiger partial charge on any atom is -0.461 e. The van der Waals surface area contributed by atoms with Gasteiger partial charge in [-0.2, -0.15) is 0 Å². The van der Waals surface area contributed by atoms with Crippen LogP contribution in [0, 0.1) is 0 Å². The molecule has 5 heteroatoms. The van der Waals surface area contributed by atoms with E-state index in [9.17, 15) is 14.4 Å². The third kappa shape index (κ3) is 2.38. The van der Waals surface area contributed by atoms with Crippen LogP contribution in [0.5, 0.6) is 0 Å². The lowest BCUT2D eigenvalue weighted by Crippen LogP contribution is -2.44. The lowest BCUT2D eigenvalue weighted by Gasteiger charge is -2.22. The van der Waals surface area contributed by atoms with Gasteiger partial charge in [0.25, 0.3) is 11.8 Å². The molecule has 1 aliphatic heterocycles. The van der Waals surface area contributed by atoms with Crippen LogP contribution < -0.4 is 0 Å². The molecule has 0 N–H and O–H groups in total. The van der Waals surface area contributed by atoms with Gasteiger partial charge in [-0.05, 0) is 32.6 Å². The summed E-state index contributed by atoms with van der Waals surface area (Å²) in [5, 5.41) is 0. The molecule has 1 saturated carbocycles. The van der Waals surface area contributed by atoms with Crippen molar-refractivity contribution in [2.75, 3.05) is 0 Å². The summed E-state index contributed by atoms with van der Waals surface area (Å²) in [6, 6.07) is -0.842. The van der Waals surface area contributed by atoms with Crippen LogP contribution in [0.3, 0.4) is 0 Å². The van der Waals surface area contributed by atoms with Gasteiger partial charge in [-0.15, -0.1) is 0 Å². The zero-order chi connectivity index (χ0) is 12.4. The predicted molar refractivity (Wildman–Crippen MR) is 58.8 cm³/mol. The fraction of sp³-hybridized carbons (Fsp3) is 0.583. The van der Waals surface area contributed by atoms with Gasteiger partial charge in [-0.3, -0.25) is 14.5 Å². The molecular weight excluding hydrogens is 222 g/mol. The van der Waals surface area contributed by atoms with Crippen LogP contribution >= 0.6 is 0 Å². The molecule has 1 heterocycles. The van der Waals surface area contributed by atoms with Gasteiger partial charge in [0.1, 0.15) is 12.1 Å². The van der Waals surface area contributed by atoms with Crippen molar-refractivity contribution < 1.29 is 19.1 Å². The Morgan fingerprint density at radius 3 is 2.35 bits per heavy atom. The quantitative estimate of drug-likeness (QED) is 0.537. The van der Waals surface area contributed by atoms with Crippen LogP contribution in [0.25, 0.3) is 0 Å². The Balaban J connectivity index is 1.94. The van der Waals surface area contributed by atoms with Gasteiger partial charge in [0, 0.05) is 12.2 Å². The highest BCUT2D eigenvalue weighted by Gasteiger charge is 2.34. The Kier molecular flexibility index (Phi) is 3.26. The van der Waals surface area contributed by atoms with E-state index in [0.717, 1.165) is 30.6 Å². The minimum atomic E-state index is -0.842. The molecule has 92 valence electrons. The molecular formula is C12H15NO4. The number of amides is 2. The van der Waals surface area contributed by atoms with Gasteiger partial charge in [-0.1, -0.05) is 0 Å². The molecule has 0 aromatic rings. The molecule has 0 bridgehead atoms. The van der Waals surface area contributed by atoms with Gasteiger partial charge >= 0.3 is 5.97 Å². The number of ether oxygens (including phenoxy) is 1. The number of carbonyl (C=O) groups excluding carboxylic acids is 3. The summed E-state index contributed by atoms with van der Waals surface area (Å²) >= 11 is 0. The van der Waals surface area contributed by atoms with E-state index >= 15 is 0 Å². The van der Waals surface area contributed by atoms with Crippen molar-refractivity contribution in [2.24, 2.45) is 0 Å². The smallest absolute Gasteiger partial charge is 0.329 e. The average molecular weight is 237 g/mol. The Morgan fingerprint density at radius 2 is 1.82 bits per heavy atom. The maximum atomic E-state index is 11.8. The van der Waals surface area contributed by atoms with Crippen LogP contribution in [0.4, 0.5) is 0 Å². The van der Waals surface area contributed by atoms with Crippen molar-refractivity contribution in [3.8, 4) is 0 Å². The number of hydrogen-bond acceptors (Lipinski definition) is 4. The van der Waals surface area contributed by atoms with Crippen molar-refractivity contribution >= 4 is 17.8 Å². The molecule has 0 aromatic heterocycles. The summed E-state index contributed by atoms with van der Waals surface area (Å²) in [5.74, 6) is -1.40. The molecule has 5 nitrogen and oxygen atoms in total. The zero-order valence-electron chi connectivity index (χ0n) is 9.72. The summed E-state index contributed by atoms with van der Waals surface area (Å²) in [6.45, 7) is 1.51. The topological polar surface area (TPSA) is 63.7 Å². The highest BCUT2D eigenvalue weighted by atomic mass is 16.5. The molecule has 0 aromatic carbocycles. The number of hydrogen-bond donors (Lipinski definition) is 0. The highest BCUT2D eigenvalue weighted by Crippen LogP contribution is 2.22. The van der Waals surface area contributed by atoms with Gasteiger partial charge < -0.3 is 4.74 Å². The van der Waals surface area contributed by atoms with Crippen LogP contribution in [-0.4, -0.2) is 34.8 Å². The summed E-state index contributed by atoms with van der Waals surface area (Å²) in [6.07, 6.45) is 6.16. The van der Waals surface area contributed by atoms with Crippen molar-refractivity contribution in [2.45, 2.75) is 44.8 Å². The third-order valence-corrected chi connectivity index (χ3v) is 3.16. The second kappa shape index (κ2) is 4.69. The maximum Gasteiger partial charge on any atom is 0.329 e. The summed E-state index contributed by atoms with van der Waals surface area (Å²) in [5.41, 5.74) is 0. The third-order valence-electron chi connectivity index (χ3n) is 3.16. The molecule has 0 saturated heterocycles. The van der Waals surface area contributed by atoms with Crippen LogP contribution in [-0.2, 0) is 19.1 Å². The lowest BCUT2D eigenvalue weighted by molar-refractivity contribution is -0.160. The second-order valence-electron chi connectivity index (χ2n) is 4.40. The fourth-order valence-corrected chi connectivity index (χ4v) is 2.17. The molecule has 17 heavy (non-hydrogen) atoms. The first-order valence-electron chi connectivity index (χ1n) is 5.85. The monoisotopic (exact) mass is 237 g/mol. The van der Waals surface area contributed by atoms with E-state index in [0.29, 0.717) is 0 Å². The van der Waals surface area contributed by atoms with E-state index in [1.807, 2.05) is 0 Å². The molecule has 1 unspecified atom stereocenters. The molecule has 0 spiro atoms. The van der Waals surface area contributed by atoms with Crippen molar-refractivity contribution in [3.63, 3.8) is 0 Å². The van der Waals surface area contributed by atoms with Gasteiger partial charge in [0.15, 0.2) is 0 Å². The van der Waals surface area contributed by atoms with Crippen molar-refractivity contribution in [3.05, 3.63) is 12.2 Å². The largest absolute Gasteiger partial charge is 0.461 e. The minimum absolute atomic E-state index is 0.0503. The number of nitrogens with zero attached hydrogens (tertiary/aromatic N) is 1. The maximum absolute atomic E-state index is 11.8. The Bertz CT molecular complexity index is 364. The average Bonchev–Trinajstić information content (AvgIpc) is 2.89. The highest BCUT2D eigenvalue weighted by molar-refractivity contribution is 6.14. The van der Waals surface area contributed by atoms with E-state index in [1.54, 1.807) is 0 Å². The molecule has 1 fully saturated rings. The fourth-order valence-electron chi connectivity index (χ4n) is 2.17. The van der Waals surface area contributed by atoms with E-state index in [2.05, 4.69) is 0 Å². The van der Waals surface area contributed by atoms with Crippen LogP contribution in [0.15, 0.2) is 12.2 Å². The molecule has 1 atom stereocenters. The molecule has 2 aliphatic rings. The van der Waals surface area contributed by atoms with Gasteiger partial charge in [0.2, 0.25) is 0 Å².